The number of carbonyl (C=O) groups excluding carboxylic acids is 1. The van der Waals surface area contributed by atoms with Gasteiger partial charge < -0.3 is 11.1 Å². The highest BCUT2D eigenvalue weighted by molar-refractivity contribution is 5.79. The number of allylic oxidation sites excluding steroid dienone is 1. The van der Waals surface area contributed by atoms with E-state index in [9.17, 15) is 4.79 Å². The van der Waals surface area contributed by atoms with Crippen LogP contribution in [0.15, 0.2) is 71.3 Å². The molecule has 0 amide bonds. The Morgan fingerprint density at radius 1 is 1.21 bits per heavy atom. The maximum Gasteiger partial charge on any atom is 0.150 e. The second-order valence-corrected chi connectivity index (χ2v) is 7.03. The molecule has 2 aliphatic rings. The summed E-state index contributed by atoms with van der Waals surface area (Å²) in [7, 11) is 0. The number of pyridine rings is 1. The van der Waals surface area contributed by atoms with E-state index in [4.69, 9.17) is 10.7 Å². The molecule has 5 nitrogen and oxygen atoms in total. The predicted molar refractivity (Wildman–Crippen MR) is 115 cm³/mol. The van der Waals surface area contributed by atoms with Crippen LogP contribution in [0.5, 0.6) is 0 Å². The smallest absolute Gasteiger partial charge is 0.150 e. The Balaban J connectivity index is 1.52. The molecule has 0 bridgehead atoms. The summed E-state index contributed by atoms with van der Waals surface area (Å²) >= 11 is 0. The molecule has 1 aromatic carbocycles. The second kappa shape index (κ2) is 7.64. The van der Waals surface area contributed by atoms with Crippen LogP contribution in [-0.4, -0.2) is 30.1 Å². The van der Waals surface area contributed by atoms with Gasteiger partial charge in [0, 0.05) is 29.8 Å². The molecular formula is C23H22N4O. The van der Waals surface area contributed by atoms with E-state index in [0.29, 0.717) is 29.5 Å². The molecule has 1 aliphatic heterocycles. The number of rotatable bonds is 5. The van der Waals surface area contributed by atoms with Gasteiger partial charge in [-0.2, -0.15) is 0 Å². The highest BCUT2D eigenvalue weighted by Crippen LogP contribution is 2.26. The fraction of sp³-hybridized carbons (Fsp3) is 0.174. The molecule has 2 aromatic rings. The van der Waals surface area contributed by atoms with Crippen molar-refractivity contribution in [3.63, 3.8) is 0 Å². The Morgan fingerprint density at radius 2 is 2.11 bits per heavy atom. The summed E-state index contributed by atoms with van der Waals surface area (Å²) in [5.74, 6) is 0.964. The van der Waals surface area contributed by atoms with Gasteiger partial charge in [-0.1, -0.05) is 36.4 Å². The van der Waals surface area contributed by atoms with Crippen LogP contribution in [-0.2, 0) is 0 Å². The van der Waals surface area contributed by atoms with Crippen LogP contribution in [0.3, 0.4) is 0 Å². The largest absolute Gasteiger partial charge is 0.396 e. The number of carbonyl (C=O) groups is 1. The van der Waals surface area contributed by atoms with Crippen LogP contribution < -0.4 is 11.1 Å². The van der Waals surface area contributed by atoms with E-state index >= 15 is 0 Å². The molecule has 140 valence electrons. The van der Waals surface area contributed by atoms with Gasteiger partial charge in [-0.15, -0.1) is 0 Å². The molecule has 0 radical (unpaired) electrons. The van der Waals surface area contributed by atoms with Crippen molar-refractivity contribution in [2.75, 3.05) is 17.6 Å². The number of aromatic nitrogens is 1. The van der Waals surface area contributed by atoms with Gasteiger partial charge >= 0.3 is 0 Å². The summed E-state index contributed by atoms with van der Waals surface area (Å²) in [6.45, 7) is 2.56. The summed E-state index contributed by atoms with van der Waals surface area (Å²) in [5, 5.41) is 3.35. The number of benzene rings is 1. The first kappa shape index (κ1) is 17.9. The number of nitrogens with zero attached hydrogens (tertiary/aromatic N) is 2. The Kier molecular flexibility index (Phi) is 4.89. The lowest BCUT2D eigenvalue weighted by Gasteiger charge is -2.22. The third-order valence-corrected chi connectivity index (χ3v) is 5.06. The van der Waals surface area contributed by atoms with Gasteiger partial charge in [-0.25, -0.2) is 4.98 Å². The quantitative estimate of drug-likeness (QED) is 0.780. The van der Waals surface area contributed by atoms with Gasteiger partial charge in [-0.3, -0.25) is 9.79 Å². The Hall–Kier alpha value is -3.47. The van der Waals surface area contributed by atoms with E-state index in [1.807, 2.05) is 49.5 Å². The Morgan fingerprint density at radius 3 is 2.93 bits per heavy atom. The summed E-state index contributed by atoms with van der Waals surface area (Å²) in [6.07, 6.45) is 13.3. The number of anilines is 2. The summed E-state index contributed by atoms with van der Waals surface area (Å²) in [6, 6.07) is 9.64. The number of dihydropyridines is 1. The molecule has 1 aliphatic carbocycles. The number of hydrogen-bond donors (Lipinski definition) is 2. The van der Waals surface area contributed by atoms with Gasteiger partial charge in [0.25, 0.3) is 0 Å². The number of nitrogens with two attached hydrogens (primary N) is 1. The minimum Gasteiger partial charge on any atom is -0.396 e. The molecule has 0 spiro atoms. The molecule has 2 heterocycles. The number of aliphatic imine (C=N–C) groups is 1. The van der Waals surface area contributed by atoms with Crippen molar-refractivity contribution in [3.05, 3.63) is 77.4 Å². The van der Waals surface area contributed by atoms with Crippen LogP contribution in [0.2, 0.25) is 0 Å². The Bertz CT molecular complexity index is 1030. The molecule has 0 saturated carbocycles. The zero-order valence-corrected chi connectivity index (χ0v) is 15.7. The third kappa shape index (κ3) is 3.64. The zero-order chi connectivity index (χ0) is 19.5. The molecule has 5 heteroatoms. The first-order chi connectivity index (χ1) is 13.6. The lowest BCUT2D eigenvalue weighted by Crippen LogP contribution is -2.20. The van der Waals surface area contributed by atoms with Crippen LogP contribution in [0.4, 0.5) is 11.5 Å². The SMILES string of the molecule is Cc1cc(-c2ccc(N)c(NCC3=CC4C=CC=NC4C=C3)n2)ccc1C=O. The molecule has 3 N–H and O–H groups in total. The molecular weight excluding hydrogens is 348 g/mol. The van der Waals surface area contributed by atoms with Crippen molar-refractivity contribution in [3.8, 4) is 11.3 Å². The second-order valence-electron chi connectivity index (χ2n) is 7.03. The zero-order valence-electron chi connectivity index (χ0n) is 15.7. The first-order valence-electron chi connectivity index (χ1n) is 9.29. The van der Waals surface area contributed by atoms with Gasteiger partial charge in [0.15, 0.2) is 0 Å². The minimum atomic E-state index is 0.206. The Labute approximate surface area is 164 Å². The molecule has 0 fully saturated rings. The summed E-state index contributed by atoms with van der Waals surface area (Å²) in [5.41, 5.74) is 11.3. The van der Waals surface area contributed by atoms with E-state index in [2.05, 4.69) is 34.6 Å². The van der Waals surface area contributed by atoms with E-state index in [1.54, 1.807) is 0 Å². The van der Waals surface area contributed by atoms with Gasteiger partial charge in [-0.05, 0) is 42.3 Å². The maximum absolute atomic E-state index is 11.0. The fourth-order valence-corrected chi connectivity index (χ4v) is 3.44. The summed E-state index contributed by atoms with van der Waals surface area (Å²) in [4.78, 5) is 20.2. The lowest BCUT2D eigenvalue weighted by molar-refractivity contribution is 0.112. The number of hydrogen-bond acceptors (Lipinski definition) is 5. The molecule has 4 rings (SSSR count). The third-order valence-electron chi connectivity index (χ3n) is 5.06. The van der Waals surface area contributed by atoms with Crippen LogP contribution in [0, 0.1) is 12.8 Å². The topological polar surface area (TPSA) is 80.4 Å². The lowest BCUT2D eigenvalue weighted by atomic mass is 9.90. The number of nitrogens with one attached hydrogen (secondary N) is 1. The number of aldehydes is 1. The number of aryl methyl sites for hydroxylation is 1. The standard InChI is InChI=1S/C23H22N4O/c1-15-11-18(5-6-19(15)14-28)22-9-7-20(24)23(27-22)26-13-16-4-8-21-17(12-16)3-2-10-25-21/h2-12,14,17,21H,13,24H2,1H3,(H,26,27). The number of nitrogen functional groups attached to an aromatic ring is 1. The van der Waals surface area contributed by atoms with Gasteiger partial charge in [0.1, 0.15) is 12.1 Å². The van der Waals surface area contributed by atoms with Crippen LogP contribution >= 0.6 is 0 Å². The van der Waals surface area contributed by atoms with Crippen molar-refractivity contribution < 1.29 is 4.79 Å². The molecule has 2 unspecified atom stereocenters. The summed E-state index contributed by atoms with van der Waals surface area (Å²) < 4.78 is 0. The van der Waals surface area contributed by atoms with Gasteiger partial charge in [0.2, 0.25) is 0 Å². The van der Waals surface area contributed by atoms with E-state index in [0.717, 1.165) is 23.1 Å². The van der Waals surface area contributed by atoms with Crippen molar-refractivity contribution in [1.29, 1.82) is 0 Å². The average molecular weight is 370 g/mol. The predicted octanol–water partition coefficient (Wildman–Crippen LogP) is 3.99. The van der Waals surface area contributed by atoms with E-state index in [-0.39, 0.29) is 6.04 Å². The normalized spacial score (nSPS) is 19.8. The fourth-order valence-electron chi connectivity index (χ4n) is 3.44. The van der Waals surface area contributed by atoms with Gasteiger partial charge in [0.05, 0.1) is 17.4 Å². The van der Waals surface area contributed by atoms with Crippen LogP contribution in [0.1, 0.15) is 15.9 Å². The van der Waals surface area contributed by atoms with Crippen LogP contribution in [0.25, 0.3) is 11.3 Å². The van der Waals surface area contributed by atoms with Crippen molar-refractivity contribution >= 4 is 24.0 Å². The first-order valence-corrected chi connectivity index (χ1v) is 9.29. The highest BCUT2D eigenvalue weighted by atomic mass is 16.1. The van der Waals surface area contributed by atoms with E-state index < -0.39 is 0 Å². The molecule has 2 atom stereocenters. The highest BCUT2D eigenvalue weighted by Gasteiger charge is 2.19. The minimum absolute atomic E-state index is 0.206. The van der Waals surface area contributed by atoms with E-state index in [1.165, 1.54) is 5.57 Å². The number of fused-ring (bicyclic) bond motifs is 1. The monoisotopic (exact) mass is 370 g/mol. The van der Waals surface area contributed by atoms with Crippen molar-refractivity contribution in [1.82, 2.24) is 4.98 Å². The van der Waals surface area contributed by atoms with Crippen molar-refractivity contribution in [2.45, 2.75) is 13.0 Å². The average Bonchev–Trinajstić information content (AvgIpc) is 2.73. The van der Waals surface area contributed by atoms with Crippen molar-refractivity contribution in [2.24, 2.45) is 10.9 Å². The maximum atomic E-state index is 11.0. The molecule has 28 heavy (non-hydrogen) atoms. The molecule has 1 aromatic heterocycles. The molecule has 0 saturated heterocycles.